The summed E-state index contributed by atoms with van der Waals surface area (Å²) in [6.07, 6.45) is -3.31. The molecule has 0 aromatic heterocycles. The van der Waals surface area contributed by atoms with Gasteiger partial charge in [0.25, 0.3) is 0 Å². The Balaban J connectivity index is 2.18. The fourth-order valence-corrected chi connectivity index (χ4v) is 2.38. The zero-order valence-electron chi connectivity index (χ0n) is 5.99. The SMILES string of the molecule is N[C@H]1CC2(C(F)(F)F)CC1C2. The molecule has 0 heterocycles. The molecule has 0 amide bonds. The zero-order chi connectivity index (χ0) is 8.28. The van der Waals surface area contributed by atoms with Gasteiger partial charge in [0.2, 0.25) is 0 Å². The molecule has 1 nitrogen and oxygen atoms in total. The smallest absolute Gasteiger partial charge is 0.327 e. The highest BCUT2D eigenvalue weighted by Gasteiger charge is 2.67. The molecule has 2 N–H and O–H groups in total. The largest absolute Gasteiger partial charge is 0.394 e. The van der Waals surface area contributed by atoms with E-state index in [-0.39, 0.29) is 31.2 Å². The van der Waals surface area contributed by atoms with Crippen LogP contribution in [0.4, 0.5) is 13.2 Å². The summed E-state index contributed by atoms with van der Waals surface area (Å²) in [5, 5.41) is 0. The monoisotopic (exact) mass is 165 g/mol. The van der Waals surface area contributed by atoms with Crippen LogP contribution in [-0.4, -0.2) is 12.2 Å². The molecule has 0 spiro atoms. The maximum absolute atomic E-state index is 12.3. The molecule has 3 fully saturated rings. The van der Waals surface area contributed by atoms with Crippen molar-refractivity contribution in [1.29, 1.82) is 0 Å². The van der Waals surface area contributed by atoms with Gasteiger partial charge >= 0.3 is 6.18 Å². The Hall–Kier alpha value is -0.250. The van der Waals surface area contributed by atoms with Crippen molar-refractivity contribution in [2.75, 3.05) is 0 Å². The predicted molar refractivity (Wildman–Crippen MR) is 33.8 cm³/mol. The van der Waals surface area contributed by atoms with Gasteiger partial charge in [-0.25, -0.2) is 0 Å². The van der Waals surface area contributed by atoms with E-state index in [4.69, 9.17) is 5.73 Å². The van der Waals surface area contributed by atoms with Gasteiger partial charge in [-0.2, -0.15) is 13.2 Å². The molecule has 64 valence electrons. The molecular weight excluding hydrogens is 155 g/mol. The fraction of sp³-hybridized carbons (Fsp3) is 1.00. The van der Waals surface area contributed by atoms with E-state index in [1.807, 2.05) is 0 Å². The van der Waals surface area contributed by atoms with Gasteiger partial charge in [-0.15, -0.1) is 0 Å². The van der Waals surface area contributed by atoms with Crippen molar-refractivity contribution < 1.29 is 13.2 Å². The second kappa shape index (κ2) is 1.73. The number of halogens is 3. The van der Waals surface area contributed by atoms with Crippen molar-refractivity contribution >= 4 is 0 Å². The topological polar surface area (TPSA) is 26.0 Å². The fourth-order valence-electron chi connectivity index (χ4n) is 2.38. The molecule has 11 heavy (non-hydrogen) atoms. The third-order valence-electron chi connectivity index (χ3n) is 3.14. The molecule has 0 radical (unpaired) electrons. The first-order chi connectivity index (χ1) is 4.95. The molecule has 2 bridgehead atoms. The van der Waals surface area contributed by atoms with Crippen LogP contribution in [0, 0.1) is 11.3 Å². The summed E-state index contributed by atoms with van der Waals surface area (Å²) in [5.41, 5.74) is 4.12. The van der Waals surface area contributed by atoms with E-state index >= 15 is 0 Å². The van der Waals surface area contributed by atoms with Crippen LogP contribution in [0.15, 0.2) is 0 Å². The van der Waals surface area contributed by atoms with E-state index in [2.05, 4.69) is 0 Å². The van der Waals surface area contributed by atoms with Crippen molar-refractivity contribution in [3.05, 3.63) is 0 Å². The molecule has 1 atom stereocenters. The number of fused-ring (bicyclic) bond motifs is 1. The van der Waals surface area contributed by atoms with Crippen LogP contribution in [0.5, 0.6) is 0 Å². The Bertz CT molecular complexity index is 181. The van der Waals surface area contributed by atoms with E-state index in [1.165, 1.54) is 0 Å². The second-order valence-electron chi connectivity index (χ2n) is 3.81. The van der Waals surface area contributed by atoms with E-state index in [9.17, 15) is 13.2 Å². The number of alkyl halides is 3. The number of rotatable bonds is 0. The second-order valence-corrected chi connectivity index (χ2v) is 3.81. The maximum Gasteiger partial charge on any atom is 0.394 e. The lowest BCUT2D eigenvalue weighted by Crippen LogP contribution is -2.42. The number of nitrogens with two attached hydrogens (primary N) is 1. The highest BCUT2D eigenvalue weighted by atomic mass is 19.4. The molecule has 3 aliphatic carbocycles. The summed E-state index contributed by atoms with van der Waals surface area (Å²) in [6.45, 7) is 0. The van der Waals surface area contributed by atoms with Crippen molar-refractivity contribution in [3.63, 3.8) is 0 Å². The van der Waals surface area contributed by atoms with Crippen LogP contribution in [0.1, 0.15) is 19.3 Å². The molecule has 4 heteroatoms. The van der Waals surface area contributed by atoms with E-state index < -0.39 is 11.6 Å². The van der Waals surface area contributed by atoms with Crippen molar-refractivity contribution in [2.24, 2.45) is 17.1 Å². The first kappa shape index (κ1) is 7.40. The lowest BCUT2D eigenvalue weighted by molar-refractivity contribution is -0.244. The Morgan fingerprint density at radius 1 is 1.18 bits per heavy atom. The van der Waals surface area contributed by atoms with Crippen molar-refractivity contribution in [1.82, 2.24) is 0 Å². The molecule has 0 aromatic rings. The van der Waals surface area contributed by atoms with Gasteiger partial charge in [0.05, 0.1) is 5.41 Å². The van der Waals surface area contributed by atoms with Gasteiger partial charge < -0.3 is 5.73 Å². The standard InChI is InChI=1S/C7H10F3N/c8-7(9,10)6-1-4(2-6)5(11)3-6/h4-5H,1-3,11H2/t4?,5-,6?/m0/s1. The van der Waals surface area contributed by atoms with Gasteiger partial charge in [-0.3, -0.25) is 0 Å². The summed E-state index contributed by atoms with van der Waals surface area (Å²) in [4.78, 5) is 0. The van der Waals surface area contributed by atoms with Gasteiger partial charge in [0, 0.05) is 6.04 Å². The highest BCUT2D eigenvalue weighted by Crippen LogP contribution is 2.65. The van der Waals surface area contributed by atoms with Crippen LogP contribution >= 0.6 is 0 Å². The van der Waals surface area contributed by atoms with E-state index in [0.717, 1.165) is 0 Å². The van der Waals surface area contributed by atoms with Crippen LogP contribution in [0.2, 0.25) is 0 Å². The normalized spacial score (nSPS) is 49.1. The molecule has 0 saturated heterocycles. The average molecular weight is 165 g/mol. The minimum Gasteiger partial charge on any atom is -0.327 e. The molecule has 0 aliphatic heterocycles. The van der Waals surface area contributed by atoms with Gasteiger partial charge in [-0.1, -0.05) is 0 Å². The summed E-state index contributed by atoms with van der Waals surface area (Å²) < 4.78 is 36.9. The summed E-state index contributed by atoms with van der Waals surface area (Å²) >= 11 is 0. The van der Waals surface area contributed by atoms with E-state index in [1.54, 1.807) is 0 Å². The quantitative estimate of drug-likeness (QED) is 0.580. The Labute approximate surface area is 62.8 Å². The summed E-state index contributed by atoms with van der Waals surface area (Å²) in [7, 11) is 0. The lowest BCUT2D eigenvalue weighted by atomic mass is 9.69. The molecule has 0 aromatic carbocycles. The van der Waals surface area contributed by atoms with Gasteiger partial charge in [0.15, 0.2) is 0 Å². The minimum absolute atomic E-state index is 0.150. The van der Waals surface area contributed by atoms with Crippen molar-refractivity contribution in [2.45, 2.75) is 31.5 Å². The van der Waals surface area contributed by atoms with E-state index in [0.29, 0.717) is 0 Å². The molecule has 0 unspecified atom stereocenters. The molecule has 3 saturated carbocycles. The van der Waals surface area contributed by atoms with Crippen LogP contribution in [-0.2, 0) is 0 Å². The molecule has 3 rings (SSSR count). The Morgan fingerprint density at radius 3 is 1.91 bits per heavy atom. The third-order valence-corrected chi connectivity index (χ3v) is 3.14. The maximum atomic E-state index is 12.3. The zero-order valence-corrected chi connectivity index (χ0v) is 5.99. The van der Waals surface area contributed by atoms with Gasteiger partial charge in [0.1, 0.15) is 0 Å². The van der Waals surface area contributed by atoms with Crippen LogP contribution < -0.4 is 5.73 Å². The third kappa shape index (κ3) is 0.760. The molecule has 3 aliphatic rings. The highest BCUT2D eigenvalue weighted by molar-refractivity contribution is 5.10. The molecular formula is C7H10F3N. The van der Waals surface area contributed by atoms with Crippen molar-refractivity contribution in [3.8, 4) is 0 Å². The van der Waals surface area contributed by atoms with Gasteiger partial charge in [-0.05, 0) is 25.2 Å². The Kier molecular flexibility index (Phi) is 1.17. The van der Waals surface area contributed by atoms with Crippen LogP contribution in [0.25, 0.3) is 0 Å². The number of hydrogen-bond acceptors (Lipinski definition) is 1. The first-order valence-corrected chi connectivity index (χ1v) is 3.77. The average Bonchev–Trinajstić information content (AvgIpc) is 2.13. The minimum atomic E-state index is -4.02. The summed E-state index contributed by atoms with van der Waals surface area (Å²) in [6, 6.07) is -0.198. The predicted octanol–water partition coefficient (Wildman–Crippen LogP) is 1.68. The van der Waals surface area contributed by atoms with Crippen LogP contribution in [0.3, 0.4) is 0 Å². The summed E-state index contributed by atoms with van der Waals surface area (Å²) in [5.74, 6) is 0.150. The Morgan fingerprint density at radius 2 is 1.73 bits per heavy atom. The first-order valence-electron chi connectivity index (χ1n) is 3.77. The lowest BCUT2D eigenvalue weighted by Gasteiger charge is -2.39. The number of hydrogen-bond donors (Lipinski definition) is 1.